The Morgan fingerprint density at radius 2 is 2.25 bits per heavy atom. The van der Waals surface area contributed by atoms with Gasteiger partial charge in [0.15, 0.2) is 5.82 Å². The molecule has 0 saturated heterocycles. The van der Waals surface area contributed by atoms with E-state index < -0.39 is 6.04 Å². The molecule has 1 amide bonds. The lowest BCUT2D eigenvalue weighted by Crippen LogP contribution is -2.49. The van der Waals surface area contributed by atoms with Gasteiger partial charge in [-0.25, -0.2) is 4.98 Å². The first-order valence-corrected chi connectivity index (χ1v) is 4.83. The Bertz CT molecular complexity index is 448. The first-order valence-electron chi connectivity index (χ1n) is 4.83. The summed E-state index contributed by atoms with van der Waals surface area (Å²) in [4.78, 5) is 21.3. The standard InChI is InChI=1S/C9H13N5O2/c1-4-6-7(13-9(10)11-4)14(2)5(3-15)8(16)12-6/h5,15H,3H2,1-2H3,(H,12,16)(H2,10,11,13)/t5-/m0/s1. The fraction of sp³-hybridized carbons (Fsp3) is 0.444. The minimum absolute atomic E-state index is 0.149. The molecule has 1 aliphatic rings. The van der Waals surface area contributed by atoms with E-state index in [0.29, 0.717) is 17.2 Å². The van der Waals surface area contributed by atoms with Crippen molar-refractivity contribution < 1.29 is 9.90 Å². The third kappa shape index (κ3) is 1.45. The van der Waals surface area contributed by atoms with Crippen molar-refractivity contribution in [3.05, 3.63) is 5.69 Å². The number of aromatic nitrogens is 2. The molecule has 0 unspecified atom stereocenters. The van der Waals surface area contributed by atoms with Gasteiger partial charge in [0.25, 0.3) is 0 Å². The molecule has 2 rings (SSSR count). The Hall–Kier alpha value is -1.89. The summed E-state index contributed by atoms with van der Waals surface area (Å²) in [6, 6.07) is -0.638. The number of amides is 1. The van der Waals surface area contributed by atoms with Gasteiger partial charge in [-0.15, -0.1) is 0 Å². The SMILES string of the molecule is Cc1nc(N)nc2c1NC(=O)[C@H](CO)N2C. The summed E-state index contributed by atoms with van der Waals surface area (Å²) in [5, 5.41) is 11.8. The number of nitrogen functional groups attached to an aromatic ring is 1. The highest BCUT2D eigenvalue weighted by Gasteiger charge is 2.32. The van der Waals surface area contributed by atoms with Crippen LogP contribution in [0.1, 0.15) is 5.69 Å². The van der Waals surface area contributed by atoms with Crippen molar-refractivity contribution in [2.75, 3.05) is 29.6 Å². The maximum absolute atomic E-state index is 11.6. The van der Waals surface area contributed by atoms with Crippen LogP contribution in [-0.2, 0) is 4.79 Å². The molecular weight excluding hydrogens is 210 g/mol. The summed E-state index contributed by atoms with van der Waals surface area (Å²) >= 11 is 0. The van der Waals surface area contributed by atoms with E-state index in [1.807, 2.05) is 0 Å². The van der Waals surface area contributed by atoms with Crippen LogP contribution in [-0.4, -0.2) is 40.7 Å². The fourth-order valence-corrected chi connectivity index (χ4v) is 1.72. The van der Waals surface area contributed by atoms with Gasteiger partial charge >= 0.3 is 0 Å². The lowest BCUT2D eigenvalue weighted by molar-refractivity contribution is -0.118. The van der Waals surface area contributed by atoms with E-state index in [2.05, 4.69) is 15.3 Å². The molecule has 1 aromatic rings. The predicted octanol–water partition coefficient (Wildman–Crippen LogP) is -0.884. The number of nitrogens with zero attached hydrogens (tertiary/aromatic N) is 3. The molecule has 7 nitrogen and oxygen atoms in total. The first-order chi connectivity index (χ1) is 7.54. The van der Waals surface area contributed by atoms with Crippen LogP contribution in [0.4, 0.5) is 17.5 Å². The molecule has 86 valence electrons. The van der Waals surface area contributed by atoms with Gasteiger partial charge in [0, 0.05) is 7.05 Å². The molecule has 0 saturated carbocycles. The van der Waals surface area contributed by atoms with Crippen molar-refractivity contribution in [3.8, 4) is 0 Å². The Labute approximate surface area is 92.3 Å². The van der Waals surface area contributed by atoms with E-state index >= 15 is 0 Å². The number of carbonyl (C=O) groups is 1. The van der Waals surface area contributed by atoms with E-state index in [0.717, 1.165) is 0 Å². The molecule has 0 spiro atoms. The van der Waals surface area contributed by atoms with E-state index in [4.69, 9.17) is 10.8 Å². The normalized spacial score (nSPS) is 19.3. The van der Waals surface area contributed by atoms with Crippen molar-refractivity contribution in [1.29, 1.82) is 0 Å². The second-order valence-corrected chi connectivity index (χ2v) is 3.66. The number of aryl methyl sites for hydroxylation is 1. The van der Waals surface area contributed by atoms with Crippen molar-refractivity contribution in [2.24, 2.45) is 0 Å². The molecule has 0 fully saturated rings. The minimum atomic E-state index is -0.638. The number of aliphatic hydroxyl groups is 1. The monoisotopic (exact) mass is 223 g/mol. The number of rotatable bonds is 1. The molecule has 1 aromatic heterocycles. The third-order valence-corrected chi connectivity index (χ3v) is 2.61. The number of nitrogens with two attached hydrogens (primary N) is 1. The number of fused-ring (bicyclic) bond motifs is 1. The van der Waals surface area contributed by atoms with Crippen LogP contribution in [0.3, 0.4) is 0 Å². The number of likely N-dealkylation sites (N-methyl/N-ethyl adjacent to an activating group) is 1. The fourth-order valence-electron chi connectivity index (χ4n) is 1.72. The lowest BCUT2D eigenvalue weighted by atomic mass is 10.1. The highest BCUT2D eigenvalue weighted by atomic mass is 16.3. The first kappa shape index (κ1) is 10.6. The second kappa shape index (κ2) is 3.60. The number of carbonyl (C=O) groups excluding carboxylic acids is 1. The Morgan fingerprint density at radius 1 is 1.56 bits per heavy atom. The summed E-state index contributed by atoms with van der Waals surface area (Å²) in [6.45, 7) is 1.47. The van der Waals surface area contributed by atoms with Gasteiger partial charge in [-0.1, -0.05) is 0 Å². The van der Waals surface area contributed by atoms with E-state index in [-0.39, 0.29) is 18.5 Å². The maximum atomic E-state index is 11.6. The Kier molecular flexibility index (Phi) is 2.39. The average molecular weight is 223 g/mol. The van der Waals surface area contributed by atoms with Crippen molar-refractivity contribution in [2.45, 2.75) is 13.0 Å². The van der Waals surface area contributed by atoms with Gasteiger partial charge in [-0.05, 0) is 6.92 Å². The zero-order valence-corrected chi connectivity index (χ0v) is 9.06. The van der Waals surface area contributed by atoms with Gasteiger partial charge in [0.05, 0.1) is 12.3 Å². The van der Waals surface area contributed by atoms with Crippen molar-refractivity contribution >= 4 is 23.4 Å². The molecule has 0 aliphatic carbocycles. The molecule has 7 heteroatoms. The highest BCUT2D eigenvalue weighted by Crippen LogP contribution is 2.31. The van der Waals surface area contributed by atoms with Crippen LogP contribution in [0.2, 0.25) is 0 Å². The maximum Gasteiger partial charge on any atom is 0.249 e. The molecule has 0 bridgehead atoms. The van der Waals surface area contributed by atoms with E-state index in [9.17, 15) is 4.79 Å². The number of hydrogen-bond donors (Lipinski definition) is 3. The van der Waals surface area contributed by atoms with Crippen LogP contribution in [0.5, 0.6) is 0 Å². The van der Waals surface area contributed by atoms with Crippen LogP contribution in [0, 0.1) is 6.92 Å². The lowest BCUT2D eigenvalue weighted by Gasteiger charge is -2.33. The van der Waals surface area contributed by atoms with Crippen LogP contribution < -0.4 is 16.0 Å². The molecule has 1 aliphatic heterocycles. The molecule has 0 radical (unpaired) electrons. The number of anilines is 3. The summed E-state index contributed by atoms with van der Waals surface area (Å²) in [5.41, 5.74) is 6.70. The molecule has 1 atom stereocenters. The zero-order chi connectivity index (χ0) is 11.9. The molecule has 16 heavy (non-hydrogen) atoms. The van der Waals surface area contributed by atoms with Crippen LogP contribution in [0.15, 0.2) is 0 Å². The number of hydrogen-bond acceptors (Lipinski definition) is 6. The number of nitrogens with one attached hydrogen (secondary N) is 1. The summed E-state index contributed by atoms with van der Waals surface area (Å²) in [6.07, 6.45) is 0. The van der Waals surface area contributed by atoms with Crippen LogP contribution in [0.25, 0.3) is 0 Å². The van der Waals surface area contributed by atoms with Gasteiger partial charge in [-0.3, -0.25) is 4.79 Å². The Balaban J connectivity index is 2.55. The van der Waals surface area contributed by atoms with E-state index in [1.54, 1.807) is 18.9 Å². The van der Waals surface area contributed by atoms with Gasteiger partial charge in [0.2, 0.25) is 11.9 Å². The third-order valence-electron chi connectivity index (χ3n) is 2.61. The average Bonchev–Trinajstić information content (AvgIpc) is 2.21. The van der Waals surface area contributed by atoms with Crippen molar-refractivity contribution in [3.63, 3.8) is 0 Å². The van der Waals surface area contributed by atoms with Gasteiger partial charge < -0.3 is 21.1 Å². The Morgan fingerprint density at radius 3 is 2.88 bits per heavy atom. The summed E-state index contributed by atoms with van der Waals surface area (Å²) in [5.74, 6) is 0.411. The highest BCUT2D eigenvalue weighted by molar-refractivity contribution is 6.03. The van der Waals surface area contributed by atoms with Crippen molar-refractivity contribution in [1.82, 2.24) is 9.97 Å². The summed E-state index contributed by atoms with van der Waals surface area (Å²) in [7, 11) is 1.68. The zero-order valence-electron chi connectivity index (χ0n) is 9.06. The molecule has 2 heterocycles. The largest absolute Gasteiger partial charge is 0.394 e. The number of aliphatic hydroxyl groups excluding tert-OH is 1. The predicted molar refractivity (Wildman–Crippen MR) is 59.1 cm³/mol. The molecule has 0 aromatic carbocycles. The minimum Gasteiger partial charge on any atom is -0.394 e. The smallest absolute Gasteiger partial charge is 0.249 e. The topological polar surface area (TPSA) is 104 Å². The molecule has 4 N–H and O–H groups in total. The second-order valence-electron chi connectivity index (χ2n) is 3.66. The van der Waals surface area contributed by atoms with Gasteiger partial charge in [0.1, 0.15) is 11.7 Å². The summed E-state index contributed by atoms with van der Waals surface area (Å²) < 4.78 is 0. The quantitative estimate of drug-likeness (QED) is 0.571. The van der Waals surface area contributed by atoms with Crippen LogP contribution >= 0.6 is 0 Å². The van der Waals surface area contributed by atoms with Gasteiger partial charge in [-0.2, -0.15) is 4.98 Å². The molecular formula is C9H13N5O2. The van der Waals surface area contributed by atoms with E-state index in [1.165, 1.54) is 0 Å².